The molecular weight excluding hydrogens is 204 g/mol. The van der Waals surface area contributed by atoms with E-state index >= 15 is 0 Å². The highest BCUT2D eigenvalue weighted by Crippen LogP contribution is 2.43. The Bertz CT molecular complexity index is 367. The van der Waals surface area contributed by atoms with Gasteiger partial charge in [-0.15, -0.1) is 0 Å². The van der Waals surface area contributed by atoms with Crippen molar-refractivity contribution in [2.75, 3.05) is 14.2 Å². The maximum atomic E-state index is 10.5. The minimum absolute atomic E-state index is 0.711. The Hall–Kier alpha value is -1.22. The fourth-order valence-electron chi connectivity index (χ4n) is 2.41. The molecule has 0 radical (unpaired) electrons. The summed E-state index contributed by atoms with van der Waals surface area (Å²) in [7, 11) is 3.25. The number of methoxy groups -OCH3 is 2. The van der Waals surface area contributed by atoms with Crippen molar-refractivity contribution in [2.24, 2.45) is 0 Å². The van der Waals surface area contributed by atoms with E-state index in [0.29, 0.717) is 5.75 Å². The molecule has 1 aromatic rings. The van der Waals surface area contributed by atoms with E-state index in [9.17, 15) is 5.11 Å². The lowest BCUT2D eigenvalue weighted by atomic mass is 9.91. The molecule has 1 aromatic carbocycles. The summed E-state index contributed by atoms with van der Waals surface area (Å²) in [5.41, 5.74) is 0.172. The van der Waals surface area contributed by atoms with Gasteiger partial charge in [0, 0.05) is 11.6 Å². The van der Waals surface area contributed by atoms with E-state index in [-0.39, 0.29) is 0 Å². The standard InChI is InChI=1S/C13H18O3/c1-15-10-5-6-11(12(9-10)16-2)13(14)7-3-4-8-13/h5-6,9,14H,3-4,7-8H2,1-2H3. The minimum atomic E-state index is -0.711. The topological polar surface area (TPSA) is 38.7 Å². The molecule has 0 atom stereocenters. The van der Waals surface area contributed by atoms with E-state index in [4.69, 9.17) is 9.47 Å². The van der Waals surface area contributed by atoms with Gasteiger partial charge in [-0.2, -0.15) is 0 Å². The molecule has 2 rings (SSSR count). The van der Waals surface area contributed by atoms with Crippen molar-refractivity contribution in [1.82, 2.24) is 0 Å². The van der Waals surface area contributed by atoms with Gasteiger partial charge in [-0.1, -0.05) is 12.8 Å². The third kappa shape index (κ3) is 1.87. The first-order valence-electron chi connectivity index (χ1n) is 5.64. The average molecular weight is 222 g/mol. The lowest BCUT2D eigenvalue weighted by Crippen LogP contribution is -2.21. The molecule has 1 aliphatic carbocycles. The van der Waals surface area contributed by atoms with Crippen molar-refractivity contribution in [3.8, 4) is 11.5 Å². The molecule has 1 saturated carbocycles. The maximum Gasteiger partial charge on any atom is 0.128 e. The number of hydrogen-bond donors (Lipinski definition) is 1. The molecule has 0 aromatic heterocycles. The van der Waals surface area contributed by atoms with Crippen molar-refractivity contribution in [2.45, 2.75) is 31.3 Å². The maximum absolute atomic E-state index is 10.5. The van der Waals surface area contributed by atoms with E-state index in [0.717, 1.165) is 37.0 Å². The smallest absolute Gasteiger partial charge is 0.128 e. The summed E-state index contributed by atoms with van der Waals surface area (Å²) in [6.07, 6.45) is 3.78. The molecule has 0 aliphatic heterocycles. The molecule has 16 heavy (non-hydrogen) atoms. The van der Waals surface area contributed by atoms with Gasteiger partial charge >= 0.3 is 0 Å². The Kier molecular flexibility index (Phi) is 3.06. The zero-order valence-electron chi connectivity index (χ0n) is 9.82. The van der Waals surface area contributed by atoms with Gasteiger partial charge in [0.1, 0.15) is 11.5 Å². The van der Waals surface area contributed by atoms with E-state index in [1.165, 1.54) is 0 Å². The predicted octanol–water partition coefficient (Wildman–Crippen LogP) is 2.47. The molecule has 1 N–H and O–H groups in total. The zero-order valence-corrected chi connectivity index (χ0v) is 9.82. The first kappa shape index (κ1) is 11.3. The second-order valence-electron chi connectivity index (χ2n) is 4.30. The number of rotatable bonds is 3. The Morgan fingerprint density at radius 3 is 2.38 bits per heavy atom. The summed E-state index contributed by atoms with van der Waals surface area (Å²) in [5, 5.41) is 10.5. The predicted molar refractivity (Wildman–Crippen MR) is 61.9 cm³/mol. The molecular formula is C13H18O3. The minimum Gasteiger partial charge on any atom is -0.497 e. The van der Waals surface area contributed by atoms with Crippen LogP contribution in [0.5, 0.6) is 11.5 Å². The van der Waals surface area contributed by atoms with Crippen LogP contribution in [0.2, 0.25) is 0 Å². The molecule has 88 valence electrons. The van der Waals surface area contributed by atoms with Gasteiger partial charge < -0.3 is 14.6 Å². The van der Waals surface area contributed by atoms with Crippen LogP contribution in [-0.4, -0.2) is 19.3 Å². The van der Waals surface area contributed by atoms with Crippen LogP contribution in [0, 0.1) is 0 Å². The van der Waals surface area contributed by atoms with Crippen molar-refractivity contribution in [1.29, 1.82) is 0 Å². The van der Waals surface area contributed by atoms with Gasteiger partial charge in [-0.3, -0.25) is 0 Å². The molecule has 3 nitrogen and oxygen atoms in total. The molecule has 0 saturated heterocycles. The van der Waals surface area contributed by atoms with Crippen LogP contribution in [-0.2, 0) is 5.60 Å². The zero-order chi connectivity index (χ0) is 11.6. The summed E-state index contributed by atoms with van der Waals surface area (Å²) >= 11 is 0. The van der Waals surface area contributed by atoms with Crippen LogP contribution >= 0.6 is 0 Å². The molecule has 0 amide bonds. The Morgan fingerprint density at radius 2 is 1.81 bits per heavy atom. The Balaban J connectivity index is 2.39. The van der Waals surface area contributed by atoms with Crippen LogP contribution in [0.1, 0.15) is 31.2 Å². The first-order chi connectivity index (χ1) is 7.69. The SMILES string of the molecule is COc1ccc(C2(O)CCCC2)c(OC)c1. The van der Waals surface area contributed by atoms with E-state index in [1.54, 1.807) is 14.2 Å². The van der Waals surface area contributed by atoms with Crippen LogP contribution < -0.4 is 9.47 Å². The van der Waals surface area contributed by atoms with Crippen LogP contribution in [0.3, 0.4) is 0 Å². The lowest BCUT2D eigenvalue weighted by Gasteiger charge is -2.25. The largest absolute Gasteiger partial charge is 0.497 e. The number of aliphatic hydroxyl groups is 1. The van der Waals surface area contributed by atoms with Crippen molar-refractivity contribution in [3.63, 3.8) is 0 Å². The average Bonchev–Trinajstić information content (AvgIpc) is 2.76. The normalized spacial score (nSPS) is 18.4. The summed E-state index contributed by atoms with van der Waals surface area (Å²) in [6, 6.07) is 5.60. The fraction of sp³-hybridized carbons (Fsp3) is 0.538. The van der Waals surface area contributed by atoms with Crippen molar-refractivity contribution in [3.05, 3.63) is 23.8 Å². The van der Waals surface area contributed by atoms with E-state index < -0.39 is 5.60 Å². The quantitative estimate of drug-likeness (QED) is 0.853. The fourth-order valence-corrected chi connectivity index (χ4v) is 2.41. The monoisotopic (exact) mass is 222 g/mol. The molecule has 1 aliphatic rings. The highest BCUT2D eigenvalue weighted by Gasteiger charge is 2.35. The Labute approximate surface area is 96.0 Å². The van der Waals surface area contributed by atoms with Crippen LogP contribution in [0.15, 0.2) is 18.2 Å². The highest BCUT2D eigenvalue weighted by atomic mass is 16.5. The van der Waals surface area contributed by atoms with Gasteiger partial charge in [0.05, 0.1) is 19.8 Å². The molecule has 0 bridgehead atoms. The summed E-state index contributed by atoms with van der Waals surface area (Å²) in [6.45, 7) is 0. The van der Waals surface area contributed by atoms with Gasteiger partial charge in [-0.05, 0) is 25.0 Å². The summed E-state index contributed by atoms with van der Waals surface area (Å²) in [5.74, 6) is 1.46. The van der Waals surface area contributed by atoms with Gasteiger partial charge in [0.25, 0.3) is 0 Å². The van der Waals surface area contributed by atoms with E-state index in [2.05, 4.69) is 0 Å². The summed E-state index contributed by atoms with van der Waals surface area (Å²) < 4.78 is 10.5. The molecule has 0 heterocycles. The number of benzene rings is 1. The second-order valence-corrected chi connectivity index (χ2v) is 4.30. The van der Waals surface area contributed by atoms with E-state index in [1.807, 2.05) is 18.2 Å². The van der Waals surface area contributed by atoms with Gasteiger partial charge in [0.15, 0.2) is 0 Å². The van der Waals surface area contributed by atoms with Crippen LogP contribution in [0.4, 0.5) is 0 Å². The molecule has 0 spiro atoms. The third-order valence-electron chi connectivity index (χ3n) is 3.34. The molecule has 1 fully saturated rings. The number of ether oxygens (including phenoxy) is 2. The Morgan fingerprint density at radius 1 is 1.12 bits per heavy atom. The second kappa shape index (κ2) is 4.34. The molecule has 0 unspecified atom stereocenters. The first-order valence-corrected chi connectivity index (χ1v) is 5.64. The van der Waals surface area contributed by atoms with Crippen molar-refractivity contribution >= 4 is 0 Å². The third-order valence-corrected chi connectivity index (χ3v) is 3.34. The molecule has 3 heteroatoms. The van der Waals surface area contributed by atoms with Crippen molar-refractivity contribution < 1.29 is 14.6 Å². The number of hydrogen-bond acceptors (Lipinski definition) is 3. The van der Waals surface area contributed by atoms with Gasteiger partial charge in [-0.25, -0.2) is 0 Å². The van der Waals surface area contributed by atoms with Gasteiger partial charge in [0.2, 0.25) is 0 Å². The highest BCUT2D eigenvalue weighted by molar-refractivity contribution is 5.44. The lowest BCUT2D eigenvalue weighted by molar-refractivity contribution is 0.0419. The van der Waals surface area contributed by atoms with Crippen LogP contribution in [0.25, 0.3) is 0 Å². The summed E-state index contributed by atoms with van der Waals surface area (Å²) in [4.78, 5) is 0.